The summed E-state index contributed by atoms with van der Waals surface area (Å²) in [7, 11) is 1.78. The van der Waals surface area contributed by atoms with Crippen molar-refractivity contribution in [1.29, 1.82) is 0 Å². The van der Waals surface area contributed by atoms with Crippen LogP contribution in [0.25, 0.3) is 0 Å². The van der Waals surface area contributed by atoms with Crippen molar-refractivity contribution in [3.05, 3.63) is 11.6 Å². The zero-order valence-electron chi connectivity index (χ0n) is 17.8. The molecule has 0 bridgehead atoms. The zero-order chi connectivity index (χ0) is 19.2. The lowest BCUT2D eigenvalue weighted by atomic mass is 9.47. The van der Waals surface area contributed by atoms with Crippen molar-refractivity contribution in [3.8, 4) is 0 Å². The summed E-state index contributed by atoms with van der Waals surface area (Å²) < 4.78 is 12.1. The molecule has 0 amide bonds. The van der Waals surface area contributed by atoms with E-state index in [-0.39, 0.29) is 11.7 Å². The van der Waals surface area contributed by atoms with E-state index in [1.165, 1.54) is 37.7 Å². The van der Waals surface area contributed by atoms with Crippen molar-refractivity contribution in [2.45, 2.75) is 97.4 Å². The third-order valence-electron chi connectivity index (χ3n) is 8.98. The molecule has 4 aliphatic carbocycles. The molecule has 3 fully saturated rings. The maximum absolute atomic E-state index is 12.0. The molecule has 0 radical (unpaired) electrons. The van der Waals surface area contributed by atoms with Gasteiger partial charge in [-0.25, -0.2) is 0 Å². The minimum atomic E-state index is -0.0453. The number of allylic oxidation sites excluding steroid dienone is 1. The van der Waals surface area contributed by atoms with E-state index in [1.807, 2.05) is 6.08 Å². The highest BCUT2D eigenvalue weighted by atomic mass is 16.7. The SMILES string of the molecule is CCCC(OC)OC1CCC2C3CCC4=CC(=O)CCC4(C)C3CCC12C. The Morgan fingerprint density at radius 2 is 1.93 bits per heavy atom. The minimum Gasteiger partial charge on any atom is -0.356 e. The number of carbonyl (C=O) groups excluding carboxylic acids is 1. The van der Waals surface area contributed by atoms with Gasteiger partial charge in [0, 0.05) is 13.5 Å². The average molecular weight is 375 g/mol. The number of hydrogen-bond acceptors (Lipinski definition) is 3. The first-order valence-electron chi connectivity index (χ1n) is 11.3. The largest absolute Gasteiger partial charge is 0.356 e. The molecule has 7 unspecified atom stereocenters. The second-order valence-corrected chi connectivity index (χ2v) is 10.2. The fraction of sp³-hybridized carbons (Fsp3) is 0.875. The molecule has 152 valence electrons. The summed E-state index contributed by atoms with van der Waals surface area (Å²) in [6, 6.07) is 0. The van der Waals surface area contributed by atoms with Gasteiger partial charge in [-0.05, 0) is 86.0 Å². The Morgan fingerprint density at radius 1 is 1.11 bits per heavy atom. The Labute approximate surface area is 165 Å². The Balaban J connectivity index is 1.54. The van der Waals surface area contributed by atoms with Gasteiger partial charge < -0.3 is 9.47 Å². The van der Waals surface area contributed by atoms with Crippen LogP contribution in [0, 0.1) is 28.6 Å². The second kappa shape index (κ2) is 7.30. The molecule has 0 aliphatic heterocycles. The number of fused-ring (bicyclic) bond motifs is 5. The molecule has 0 heterocycles. The van der Waals surface area contributed by atoms with Gasteiger partial charge in [0.05, 0.1) is 6.10 Å². The summed E-state index contributed by atoms with van der Waals surface area (Å²) in [5.41, 5.74) is 2.04. The Morgan fingerprint density at radius 3 is 2.67 bits per heavy atom. The maximum atomic E-state index is 12.0. The van der Waals surface area contributed by atoms with Gasteiger partial charge in [-0.1, -0.05) is 32.8 Å². The monoisotopic (exact) mass is 374 g/mol. The molecule has 0 N–H and O–H groups in total. The number of ether oxygens (including phenoxy) is 2. The van der Waals surface area contributed by atoms with E-state index in [0.29, 0.717) is 17.3 Å². The number of rotatable bonds is 5. The summed E-state index contributed by atoms with van der Waals surface area (Å²) >= 11 is 0. The first kappa shape index (κ1) is 19.6. The predicted octanol–water partition coefficient (Wildman–Crippen LogP) is 5.68. The topological polar surface area (TPSA) is 35.5 Å². The Bertz CT molecular complexity index is 611. The number of carbonyl (C=O) groups is 1. The summed E-state index contributed by atoms with van der Waals surface area (Å²) in [5, 5.41) is 0. The molecular formula is C24H38O3. The van der Waals surface area contributed by atoms with Crippen LogP contribution in [0.2, 0.25) is 0 Å². The fourth-order valence-electron chi connectivity index (χ4n) is 7.40. The van der Waals surface area contributed by atoms with E-state index in [1.54, 1.807) is 7.11 Å². The van der Waals surface area contributed by atoms with Crippen LogP contribution in [0.3, 0.4) is 0 Å². The van der Waals surface area contributed by atoms with Crippen molar-refractivity contribution in [2.24, 2.45) is 28.6 Å². The number of ketones is 1. The van der Waals surface area contributed by atoms with Gasteiger partial charge in [-0.2, -0.15) is 0 Å². The van der Waals surface area contributed by atoms with Crippen LogP contribution in [-0.4, -0.2) is 25.3 Å². The maximum Gasteiger partial charge on any atom is 0.157 e. The Kier molecular flexibility index (Phi) is 5.31. The molecule has 3 nitrogen and oxygen atoms in total. The first-order chi connectivity index (χ1) is 12.9. The molecule has 27 heavy (non-hydrogen) atoms. The van der Waals surface area contributed by atoms with Crippen molar-refractivity contribution in [2.75, 3.05) is 7.11 Å². The lowest BCUT2D eigenvalue weighted by Gasteiger charge is -2.58. The lowest BCUT2D eigenvalue weighted by Crippen LogP contribution is -2.51. The fourth-order valence-corrected chi connectivity index (χ4v) is 7.40. The molecular weight excluding hydrogens is 336 g/mol. The van der Waals surface area contributed by atoms with Gasteiger partial charge in [0.2, 0.25) is 0 Å². The average Bonchev–Trinajstić information content (AvgIpc) is 2.98. The molecule has 0 aromatic carbocycles. The standard InChI is InChI=1S/C24H38O3/c1-5-6-22(26-4)27-21-10-9-19-18-8-7-16-15-17(25)11-13-23(16,2)20(18)12-14-24(19,21)3/h15,18-22H,5-14H2,1-4H3. The molecule has 0 aromatic rings. The van der Waals surface area contributed by atoms with Gasteiger partial charge in [0.1, 0.15) is 0 Å². The van der Waals surface area contributed by atoms with Crippen molar-refractivity contribution >= 4 is 5.78 Å². The normalized spacial score (nSPS) is 44.9. The molecule has 0 spiro atoms. The molecule has 3 heteroatoms. The van der Waals surface area contributed by atoms with Gasteiger partial charge in [-0.3, -0.25) is 4.79 Å². The van der Waals surface area contributed by atoms with E-state index in [4.69, 9.17) is 9.47 Å². The Hall–Kier alpha value is -0.670. The number of hydrogen-bond donors (Lipinski definition) is 0. The summed E-state index contributed by atoms with van der Waals surface area (Å²) in [5.74, 6) is 2.70. The van der Waals surface area contributed by atoms with E-state index in [0.717, 1.165) is 49.9 Å². The highest BCUT2D eigenvalue weighted by molar-refractivity contribution is 5.91. The minimum absolute atomic E-state index is 0.0453. The molecule has 0 aromatic heterocycles. The van der Waals surface area contributed by atoms with Crippen molar-refractivity contribution in [3.63, 3.8) is 0 Å². The summed E-state index contributed by atoms with van der Waals surface area (Å²) in [6.45, 7) is 7.17. The molecule has 3 saturated carbocycles. The first-order valence-corrected chi connectivity index (χ1v) is 11.3. The third-order valence-corrected chi connectivity index (χ3v) is 8.98. The van der Waals surface area contributed by atoms with Crippen LogP contribution < -0.4 is 0 Å². The van der Waals surface area contributed by atoms with Crippen LogP contribution in [0.5, 0.6) is 0 Å². The smallest absolute Gasteiger partial charge is 0.157 e. The van der Waals surface area contributed by atoms with Gasteiger partial charge >= 0.3 is 0 Å². The molecule has 7 atom stereocenters. The zero-order valence-corrected chi connectivity index (χ0v) is 17.8. The summed E-state index contributed by atoms with van der Waals surface area (Å²) in [6.07, 6.45) is 13.7. The van der Waals surface area contributed by atoms with Crippen LogP contribution in [-0.2, 0) is 14.3 Å². The van der Waals surface area contributed by atoms with Crippen LogP contribution >= 0.6 is 0 Å². The molecule has 0 saturated heterocycles. The highest BCUT2D eigenvalue weighted by Crippen LogP contribution is 2.65. The lowest BCUT2D eigenvalue weighted by molar-refractivity contribution is -0.194. The van der Waals surface area contributed by atoms with Crippen molar-refractivity contribution in [1.82, 2.24) is 0 Å². The van der Waals surface area contributed by atoms with E-state index < -0.39 is 0 Å². The van der Waals surface area contributed by atoms with Crippen LogP contribution in [0.4, 0.5) is 0 Å². The van der Waals surface area contributed by atoms with E-state index in [2.05, 4.69) is 20.8 Å². The van der Waals surface area contributed by atoms with Crippen LogP contribution in [0.1, 0.15) is 85.0 Å². The predicted molar refractivity (Wildman–Crippen MR) is 107 cm³/mol. The molecule has 4 aliphatic rings. The second-order valence-electron chi connectivity index (χ2n) is 10.2. The summed E-state index contributed by atoms with van der Waals surface area (Å²) in [4.78, 5) is 12.0. The highest BCUT2D eigenvalue weighted by Gasteiger charge is 2.59. The number of methoxy groups -OCH3 is 1. The molecule has 4 rings (SSSR count). The third kappa shape index (κ3) is 3.13. The van der Waals surface area contributed by atoms with Crippen LogP contribution in [0.15, 0.2) is 11.6 Å². The van der Waals surface area contributed by atoms with Gasteiger partial charge in [0.15, 0.2) is 12.1 Å². The van der Waals surface area contributed by atoms with E-state index in [9.17, 15) is 4.79 Å². The van der Waals surface area contributed by atoms with Crippen molar-refractivity contribution < 1.29 is 14.3 Å². The van der Waals surface area contributed by atoms with Gasteiger partial charge in [-0.15, -0.1) is 0 Å². The van der Waals surface area contributed by atoms with Gasteiger partial charge in [0.25, 0.3) is 0 Å². The van der Waals surface area contributed by atoms with E-state index >= 15 is 0 Å². The quantitative estimate of drug-likeness (QED) is 0.581.